The molecule has 0 spiro atoms. The van der Waals surface area contributed by atoms with E-state index in [1.165, 1.54) is 0 Å². The van der Waals surface area contributed by atoms with Crippen LogP contribution >= 0.6 is 0 Å². The smallest absolute Gasteiger partial charge is 0.325 e. The summed E-state index contributed by atoms with van der Waals surface area (Å²) in [4.78, 5) is 39.9. The first kappa shape index (κ1) is 16.0. The number of rotatable bonds is 3. The normalized spacial score (nSPS) is 23.3. The molecule has 0 aliphatic carbocycles. The Balaban J connectivity index is 1.82. The van der Waals surface area contributed by atoms with Crippen LogP contribution in [0.25, 0.3) is 0 Å². The average Bonchev–Trinajstić information content (AvgIpc) is 3.19. The molecule has 7 heteroatoms. The van der Waals surface area contributed by atoms with Crippen molar-refractivity contribution >= 4 is 17.8 Å². The molecule has 3 rings (SSSR count). The van der Waals surface area contributed by atoms with Gasteiger partial charge in [0, 0.05) is 13.1 Å². The van der Waals surface area contributed by atoms with Crippen molar-refractivity contribution in [2.45, 2.75) is 25.3 Å². The number of likely N-dealkylation sites (tertiary alicyclic amines) is 1. The minimum absolute atomic E-state index is 0.217. The predicted octanol–water partition coefficient (Wildman–Crippen LogP) is 0.948. The molecule has 2 fully saturated rings. The zero-order chi connectivity index (χ0) is 17.3. The molecule has 2 heterocycles. The highest BCUT2D eigenvalue weighted by atomic mass is 16.2. The molecule has 7 nitrogen and oxygen atoms in total. The van der Waals surface area contributed by atoms with Gasteiger partial charge in [-0.25, -0.2) is 4.79 Å². The fourth-order valence-corrected chi connectivity index (χ4v) is 3.14. The molecule has 2 aliphatic rings. The Morgan fingerprint density at radius 1 is 1.33 bits per heavy atom. The second kappa shape index (κ2) is 5.96. The molecule has 1 aromatic carbocycles. The van der Waals surface area contributed by atoms with Gasteiger partial charge in [0.25, 0.3) is 5.91 Å². The van der Waals surface area contributed by atoms with Crippen LogP contribution in [0.4, 0.5) is 4.79 Å². The summed E-state index contributed by atoms with van der Waals surface area (Å²) in [6.07, 6.45) is 1.90. The third-order valence-electron chi connectivity index (χ3n) is 4.60. The van der Waals surface area contributed by atoms with Crippen LogP contribution in [0.3, 0.4) is 0 Å². The van der Waals surface area contributed by atoms with E-state index in [9.17, 15) is 14.4 Å². The summed E-state index contributed by atoms with van der Waals surface area (Å²) in [6.45, 7) is 2.68. The summed E-state index contributed by atoms with van der Waals surface area (Å²) in [6, 6.07) is 7.98. The first-order valence-corrected chi connectivity index (χ1v) is 7.88. The van der Waals surface area contributed by atoms with Gasteiger partial charge in [-0.15, -0.1) is 0 Å². The Hall–Kier alpha value is -2.88. The molecule has 24 heavy (non-hydrogen) atoms. The van der Waals surface area contributed by atoms with Gasteiger partial charge in [0.1, 0.15) is 12.1 Å². The lowest BCUT2D eigenvalue weighted by molar-refractivity contribution is -0.138. The first-order valence-electron chi connectivity index (χ1n) is 7.88. The van der Waals surface area contributed by atoms with Crippen LogP contribution in [-0.4, -0.2) is 47.3 Å². The number of hydrogen-bond donors (Lipinski definition) is 1. The Morgan fingerprint density at radius 2 is 2.04 bits per heavy atom. The van der Waals surface area contributed by atoms with Crippen LogP contribution in [0, 0.1) is 11.3 Å². The van der Waals surface area contributed by atoms with E-state index in [2.05, 4.69) is 5.32 Å². The third kappa shape index (κ3) is 2.60. The van der Waals surface area contributed by atoms with Gasteiger partial charge in [-0.2, -0.15) is 5.26 Å². The molecule has 1 atom stereocenters. The summed E-state index contributed by atoms with van der Waals surface area (Å²) in [5.41, 5.74) is -0.340. The van der Waals surface area contributed by atoms with E-state index in [1.807, 2.05) is 6.07 Å². The summed E-state index contributed by atoms with van der Waals surface area (Å²) in [5, 5.41) is 11.7. The van der Waals surface area contributed by atoms with Crippen molar-refractivity contribution in [1.29, 1.82) is 5.26 Å². The highest BCUT2D eigenvalue weighted by Crippen LogP contribution is 2.29. The maximum Gasteiger partial charge on any atom is 0.325 e. The van der Waals surface area contributed by atoms with E-state index in [0.717, 1.165) is 17.7 Å². The fraction of sp³-hybridized carbons (Fsp3) is 0.412. The molecule has 0 radical (unpaired) electrons. The lowest BCUT2D eigenvalue weighted by Gasteiger charge is -2.23. The quantitative estimate of drug-likeness (QED) is 0.837. The summed E-state index contributed by atoms with van der Waals surface area (Å²) in [5.74, 6) is -0.693. The molecule has 1 aromatic rings. The summed E-state index contributed by atoms with van der Waals surface area (Å²) >= 11 is 0. The van der Waals surface area contributed by atoms with Crippen molar-refractivity contribution in [2.75, 3.05) is 19.6 Å². The van der Waals surface area contributed by atoms with Gasteiger partial charge < -0.3 is 10.2 Å². The summed E-state index contributed by atoms with van der Waals surface area (Å²) < 4.78 is 0. The molecule has 0 aromatic heterocycles. The van der Waals surface area contributed by atoms with Crippen LogP contribution < -0.4 is 5.32 Å². The number of benzene rings is 1. The molecule has 0 unspecified atom stereocenters. The zero-order valence-corrected chi connectivity index (χ0v) is 13.4. The topological polar surface area (TPSA) is 93.5 Å². The molecule has 0 bridgehead atoms. The first-order chi connectivity index (χ1) is 11.5. The van der Waals surface area contributed by atoms with Crippen LogP contribution in [0.1, 0.15) is 30.9 Å². The van der Waals surface area contributed by atoms with Crippen molar-refractivity contribution in [3.8, 4) is 6.07 Å². The SMILES string of the molecule is C[C@@]1(c2cccc(C#N)c2)NC(=O)N(CC(=O)N2CCCC2)C1=O. The molecule has 0 saturated carbocycles. The van der Waals surface area contributed by atoms with Gasteiger partial charge in [-0.3, -0.25) is 14.5 Å². The lowest BCUT2D eigenvalue weighted by atomic mass is 9.91. The lowest BCUT2D eigenvalue weighted by Crippen LogP contribution is -2.44. The molecule has 1 N–H and O–H groups in total. The highest BCUT2D eigenvalue weighted by Gasteiger charge is 2.49. The minimum atomic E-state index is -1.27. The number of nitrogens with zero attached hydrogens (tertiary/aromatic N) is 3. The number of imide groups is 1. The third-order valence-corrected chi connectivity index (χ3v) is 4.60. The Morgan fingerprint density at radius 3 is 2.71 bits per heavy atom. The maximum absolute atomic E-state index is 12.8. The Kier molecular flexibility index (Phi) is 3.97. The van der Waals surface area contributed by atoms with E-state index in [4.69, 9.17) is 5.26 Å². The van der Waals surface area contributed by atoms with Gasteiger partial charge in [0.05, 0.1) is 11.6 Å². The zero-order valence-electron chi connectivity index (χ0n) is 13.4. The highest BCUT2D eigenvalue weighted by molar-refractivity contribution is 6.09. The minimum Gasteiger partial charge on any atom is -0.341 e. The number of carbonyl (C=O) groups excluding carboxylic acids is 3. The molecule has 4 amide bonds. The van der Waals surface area contributed by atoms with E-state index in [1.54, 1.807) is 36.1 Å². The van der Waals surface area contributed by atoms with Crippen LogP contribution in [0.15, 0.2) is 24.3 Å². The molecule has 124 valence electrons. The van der Waals surface area contributed by atoms with Gasteiger partial charge in [-0.1, -0.05) is 12.1 Å². The van der Waals surface area contributed by atoms with Gasteiger partial charge in [-0.05, 0) is 37.5 Å². The van der Waals surface area contributed by atoms with Crippen molar-refractivity contribution in [3.05, 3.63) is 35.4 Å². The van der Waals surface area contributed by atoms with Crippen LogP contribution in [-0.2, 0) is 15.1 Å². The Labute approximate surface area is 139 Å². The van der Waals surface area contributed by atoms with Crippen molar-refractivity contribution in [3.63, 3.8) is 0 Å². The van der Waals surface area contributed by atoms with E-state index < -0.39 is 17.5 Å². The number of nitrogens with one attached hydrogen (secondary N) is 1. The van der Waals surface area contributed by atoms with E-state index in [-0.39, 0.29) is 12.5 Å². The largest absolute Gasteiger partial charge is 0.341 e. The predicted molar refractivity (Wildman–Crippen MR) is 84.6 cm³/mol. The summed E-state index contributed by atoms with van der Waals surface area (Å²) in [7, 11) is 0. The second-order valence-electron chi connectivity index (χ2n) is 6.23. The second-order valence-corrected chi connectivity index (χ2v) is 6.23. The van der Waals surface area contributed by atoms with Gasteiger partial charge in [0.2, 0.25) is 5.91 Å². The van der Waals surface area contributed by atoms with Crippen molar-refractivity contribution in [1.82, 2.24) is 15.1 Å². The Bertz CT molecular complexity index is 748. The number of hydrogen-bond acceptors (Lipinski definition) is 4. The molecular weight excluding hydrogens is 308 g/mol. The number of carbonyl (C=O) groups is 3. The van der Waals surface area contributed by atoms with Crippen LogP contribution in [0.5, 0.6) is 0 Å². The number of amides is 4. The van der Waals surface area contributed by atoms with E-state index in [0.29, 0.717) is 24.2 Å². The average molecular weight is 326 g/mol. The molecular formula is C17H18N4O3. The standard InChI is InChI=1S/C17H18N4O3/c1-17(13-6-4-5-12(9-13)10-18)15(23)21(16(24)19-17)11-14(22)20-7-2-3-8-20/h4-6,9H,2-3,7-8,11H2,1H3,(H,19,24)/t17-/m0/s1. The number of urea groups is 1. The van der Waals surface area contributed by atoms with Gasteiger partial charge in [0.15, 0.2) is 0 Å². The number of nitriles is 1. The van der Waals surface area contributed by atoms with Crippen molar-refractivity contribution < 1.29 is 14.4 Å². The van der Waals surface area contributed by atoms with Gasteiger partial charge >= 0.3 is 6.03 Å². The van der Waals surface area contributed by atoms with E-state index >= 15 is 0 Å². The molecule has 2 saturated heterocycles. The molecule has 2 aliphatic heterocycles. The van der Waals surface area contributed by atoms with Crippen molar-refractivity contribution in [2.24, 2.45) is 0 Å². The maximum atomic E-state index is 12.8. The van der Waals surface area contributed by atoms with Crippen LogP contribution in [0.2, 0.25) is 0 Å². The monoisotopic (exact) mass is 326 g/mol. The fourth-order valence-electron chi connectivity index (χ4n) is 3.14.